The van der Waals surface area contributed by atoms with Crippen LogP contribution in [0.4, 0.5) is 0 Å². The predicted molar refractivity (Wildman–Crippen MR) is 61.7 cm³/mol. The van der Waals surface area contributed by atoms with Crippen molar-refractivity contribution in [2.75, 3.05) is 27.2 Å². The van der Waals surface area contributed by atoms with Crippen LogP contribution in [0.3, 0.4) is 0 Å². The third-order valence-electron chi connectivity index (χ3n) is 2.97. The lowest BCUT2D eigenvalue weighted by Crippen LogP contribution is -2.57. The van der Waals surface area contributed by atoms with Crippen LogP contribution in [0.15, 0.2) is 24.3 Å². The standard InChI is InChI=1S/C12H16N2O2/c1-14(9-7-13-8-9)12(15)10-5-3-4-6-11(10)16-2/h3-6,9,13H,7-8H2,1-2H3. The summed E-state index contributed by atoms with van der Waals surface area (Å²) < 4.78 is 5.18. The second kappa shape index (κ2) is 4.53. The molecule has 1 aromatic rings. The maximum Gasteiger partial charge on any atom is 0.257 e. The van der Waals surface area contributed by atoms with Gasteiger partial charge in [-0.3, -0.25) is 4.79 Å². The summed E-state index contributed by atoms with van der Waals surface area (Å²) in [6.07, 6.45) is 0. The molecule has 1 amide bonds. The molecule has 0 spiro atoms. The highest BCUT2D eigenvalue weighted by molar-refractivity contribution is 5.97. The average molecular weight is 220 g/mol. The maximum absolute atomic E-state index is 12.2. The summed E-state index contributed by atoms with van der Waals surface area (Å²) in [4.78, 5) is 13.9. The Morgan fingerprint density at radius 3 is 2.69 bits per heavy atom. The predicted octanol–water partition coefficient (Wildman–Crippen LogP) is 0.739. The van der Waals surface area contributed by atoms with Crippen molar-refractivity contribution < 1.29 is 9.53 Å². The normalized spacial score (nSPS) is 15.4. The van der Waals surface area contributed by atoms with Gasteiger partial charge >= 0.3 is 0 Å². The SMILES string of the molecule is COc1ccccc1C(=O)N(C)C1CNC1. The third-order valence-corrected chi connectivity index (χ3v) is 2.97. The summed E-state index contributed by atoms with van der Waals surface area (Å²) >= 11 is 0. The van der Waals surface area contributed by atoms with Crippen LogP contribution in [0.2, 0.25) is 0 Å². The van der Waals surface area contributed by atoms with E-state index in [9.17, 15) is 4.79 Å². The molecule has 4 heteroatoms. The van der Waals surface area contributed by atoms with Gasteiger partial charge in [-0.1, -0.05) is 12.1 Å². The fourth-order valence-electron chi connectivity index (χ4n) is 1.72. The van der Waals surface area contributed by atoms with Crippen LogP contribution < -0.4 is 10.1 Å². The van der Waals surface area contributed by atoms with Crippen LogP contribution in [0.1, 0.15) is 10.4 Å². The molecule has 1 fully saturated rings. The molecule has 4 nitrogen and oxygen atoms in total. The summed E-state index contributed by atoms with van der Waals surface area (Å²) in [6.45, 7) is 1.74. The highest BCUT2D eigenvalue weighted by atomic mass is 16.5. The number of likely N-dealkylation sites (N-methyl/N-ethyl adjacent to an activating group) is 1. The molecule has 0 aliphatic carbocycles. The quantitative estimate of drug-likeness (QED) is 0.817. The van der Waals surface area contributed by atoms with Gasteiger partial charge in [-0.15, -0.1) is 0 Å². The van der Waals surface area contributed by atoms with Crippen LogP contribution in [0, 0.1) is 0 Å². The van der Waals surface area contributed by atoms with Gasteiger partial charge in [0.05, 0.1) is 18.7 Å². The van der Waals surface area contributed by atoms with Gasteiger partial charge in [-0.05, 0) is 12.1 Å². The lowest BCUT2D eigenvalue weighted by atomic mass is 10.1. The van der Waals surface area contributed by atoms with Gasteiger partial charge in [0.25, 0.3) is 5.91 Å². The summed E-state index contributed by atoms with van der Waals surface area (Å²) in [5, 5.41) is 3.15. The average Bonchev–Trinajstić information content (AvgIpc) is 2.25. The Morgan fingerprint density at radius 2 is 2.12 bits per heavy atom. The number of benzene rings is 1. The second-order valence-corrected chi connectivity index (χ2v) is 3.93. The smallest absolute Gasteiger partial charge is 0.257 e. The fraction of sp³-hybridized carbons (Fsp3) is 0.417. The number of carbonyl (C=O) groups excluding carboxylic acids is 1. The highest BCUT2D eigenvalue weighted by Crippen LogP contribution is 2.20. The van der Waals surface area contributed by atoms with E-state index < -0.39 is 0 Å². The number of methoxy groups -OCH3 is 1. The third kappa shape index (κ3) is 1.88. The number of rotatable bonds is 3. The number of nitrogens with one attached hydrogen (secondary N) is 1. The highest BCUT2D eigenvalue weighted by Gasteiger charge is 2.27. The molecule has 1 N–H and O–H groups in total. The maximum atomic E-state index is 12.2. The van der Waals surface area contributed by atoms with Crippen molar-refractivity contribution in [2.24, 2.45) is 0 Å². The van der Waals surface area contributed by atoms with E-state index in [4.69, 9.17) is 4.74 Å². The van der Waals surface area contributed by atoms with Gasteiger partial charge < -0.3 is 15.0 Å². The number of carbonyl (C=O) groups is 1. The van der Waals surface area contributed by atoms with Crippen LogP contribution in [0.5, 0.6) is 5.75 Å². The Morgan fingerprint density at radius 1 is 1.44 bits per heavy atom. The molecule has 0 bridgehead atoms. The molecule has 1 aliphatic heterocycles. The molecular formula is C12H16N2O2. The number of ether oxygens (including phenoxy) is 1. The molecule has 1 heterocycles. The molecule has 1 aliphatic rings. The lowest BCUT2D eigenvalue weighted by molar-refractivity contribution is 0.0678. The van der Waals surface area contributed by atoms with E-state index in [-0.39, 0.29) is 5.91 Å². The van der Waals surface area contributed by atoms with E-state index in [0.717, 1.165) is 13.1 Å². The van der Waals surface area contributed by atoms with Crippen molar-refractivity contribution in [1.29, 1.82) is 0 Å². The van der Waals surface area contributed by atoms with Gasteiger partial charge in [-0.25, -0.2) is 0 Å². The van der Waals surface area contributed by atoms with E-state index in [1.165, 1.54) is 0 Å². The molecule has 0 saturated carbocycles. The molecule has 16 heavy (non-hydrogen) atoms. The van der Waals surface area contributed by atoms with E-state index in [2.05, 4.69) is 5.32 Å². The van der Waals surface area contributed by atoms with E-state index >= 15 is 0 Å². The molecular weight excluding hydrogens is 204 g/mol. The molecule has 0 atom stereocenters. The van der Waals surface area contributed by atoms with Crippen LogP contribution in [-0.2, 0) is 0 Å². The Kier molecular flexibility index (Phi) is 3.10. The molecule has 86 valence electrons. The van der Waals surface area contributed by atoms with Gasteiger partial charge in [0.15, 0.2) is 0 Å². The molecule has 1 saturated heterocycles. The Hall–Kier alpha value is -1.55. The van der Waals surface area contributed by atoms with Crippen molar-refractivity contribution in [2.45, 2.75) is 6.04 Å². The largest absolute Gasteiger partial charge is 0.496 e. The second-order valence-electron chi connectivity index (χ2n) is 3.93. The Labute approximate surface area is 95.2 Å². The monoisotopic (exact) mass is 220 g/mol. The van der Waals surface area contributed by atoms with Crippen molar-refractivity contribution in [3.63, 3.8) is 0 Å². The molecule has 0 aromatic heterocycles. The summed E-state index contributed by atoms with van der Waals surface area (Å²) in [6, 6.07) is 7.62. The minimum Gasteiger partial charge on any atom is -0.496 e. The number of amides is 1. The summed E-state index contributed by atoms with van der Waals surface area (Å²) in [5.41, 5.74) is 0.624. The summed E-state index contributed by atoms with van der Waals surface area (Å²) in [7, 11) is 3.41. The topological polar surface area (TPSA) is 41.6 Å². The minimum atomic E-state index is 0.0175. The first-order valence-corrected chi connectivity index (χ1v) is 5.35. The number of para-hydroxylation sites is 1. The molecule has 0 unspecified atom stereocenters. The van der Waals surface area contributed by atoms with E-state index in [1.807, 2.05) is 19.2 Å². The molecule has 2 rings (SSSR count). The van der Waals surface area contributed by atoms with Gasteiger partial charge in [0, 0.05) is 20.1 Å². The van der Waals surface area contributed by atoms with Gasteiger partial charge in [0.2, 0.25) is 0 Å². The first-order valence-electron chi connectivity index (χ1n) is 5.35. The first-order chi connectivity index (χ1) is 7.74. The van der Waals surface area contributed by atoms with E-state index in [1.54, 1.807) is 24.1 Å². The van der Waals surface area contributed by atoms with Crippen LogP contribution >= 0.6 is 0 Å². The number of nitrogens with zero attached hydrogens (tertiary/aromatic N) is 1. The van der Waals surface area contributed by atoms with Crippen molar-refractivity contribution >= 4 is 5.91 Å². The van der Waals surface area contributed by atoms with Crippen molar-refractivity contribution in [1.82, 2.24) is 10.2 Å². The van der Waals surface area contributed by atoms with E-state index in [0.29, 0.717) is 17.4 Å². The lowest BCUT2D eigenvalue weighted by Gasteiger charge is -2.35. The zero-order chi connectivity index (χ0) is 11.5. The summed E-state index contributed by atoms with van der Waals surface area (Å²) in [5.74, 6) is 0.649. The fourth-order valence-corrected chi connectivity index (χ4v) is 1.72. The Balaban J connectivity index is 2.19. The minimum absolute atomic E-state index is 0.0175. The van der Waals surface area contributed by atoms with Crippen molar-refractivity contribution in [3.8, 4) is 5.75 Å². The molecule has 0 radical (unpaired) electrons. The first kappa shape index (κ1) is 11.0. The van der Waals surface area contributed by atoms with Gasteiger partial charge in [0.1, 0.15) is 5.75 Å². The zero-order valence-electron chi connectivity index (χ0n) is 9.56. The zero-order valence-corrected chi connectivity index (χ0v) is 9.56. The van der Waals surface area contributed by atoms with Gasteiger partial charge in [-0.2, -0.15) is 0 Å². The molecule has 1 aromatic carbocycles. The van der Waals surface area contributed by atoms with Crippen molar-refractivity contribution in [3.05, 3.63) is 29.8 Å². The van der Waals surface area contributed by atoms with Crippen LogP contribution in [-0.4, -0.2) is 44.1 Å². The number of hydrogen-bond acceptors (Lipinski definition) is 3. The Bertz CT molecular complexity index is 388. The number of hydrogen-bond donors (Lipinski definition) is 1. The van der Waals surface area contributed by atoms with Crippen LogP contribution in [0.25, 0.3) is 0 Å².